The van der Waals surface area contributed by atoms with Gasteiger partial charge in [0.15, 0.2) is 0 Å². The van der Waals surface area contributed by atoms with E-state index in [4.69, 9.17) is 10.5 Å². The predicted octanol–water partition coefficient (Wildman–Crippen LogP) is 2.17. The summed E-state index contributed by atoms with van der Waals surface area (Å²) >= 11 is 0. The van der Waals surface area contributed by atoms with Gasteiger partial charge in [-0.3, -0.25) is 4.79 Å². The van der Waals surface area contributed by atoms with Crippen LogP contribution in [0.15, 0.2) is 54.7 Å². The first-order valence-corrected chi connectivity index (χ1v) is 8.38. The van der Waals surface area contributed by atoms with Crippen LogP contribution in [0.5, 0.6) is 5.88 Å². The SMILES string of the molecule is COc1cccc(NCCNc2nccc(-c3ccc(C(N)=O)cc3)n2)n1. The van der Waals surface area contributed by atoms with E-state index in [9.17, 15) is 4.79 Å². The first-order chi connectivity index (χ1) is 13.2. The maximum atomic E-state index is 11.2. The molecule has 1 amide bonds. The molecule has 0 bridgehead atoms. The molecule has 0 saturated heterocycles. The summed E-state index contributed by atoms with van der Waals surface area (Å²) in [5.41, 5.74) is 7.36. The van der Waals surface area contributed by atoms with E-state index < -0.39 is 5.91 Å². The maximum Gasteiger partial charge on any atom is 0.248 e. The molecule has 0 saturated carbocycles. The van der Waals surface area contributed by atoms with Crippen LogP contribution < -0.4 is 21.1 Å². The number of anilines is 2. The van der Waals surface area contributed by atoms with E-state index in [0.29, 0.717) is 30.5 Å². The molecule has 8 heteroatoms. The molecule has 3 rings (SSSR count). The topological polar surface area (TPSA) is 115 Å². The van der Waals surface area contributed by atoms with Crippen LogP contribution in [0.2, 0.25) is 0 Å². The highest BCUT2D eigenvalue weighted by Gasteiger charge is 2.04. The Balaban J connectivity index is 1.56. The Morgan fingerprint density at radius 2 is 1.81 bits per heavy atom. The molecule has 0 spiro atoms. The number of ether oxygens (including phenoxy) is 1. The third-order valence-electron chi connectivity index (χ3n) is 3.77. The van der Waals surface area contributed by atoms with Crippen molar-refractivity contribution in [2.45, 2.75) is 0 Å². The average Bonchev–Trinajstić information content (AvgIpc) is 2.71. The van der Waals surface area contributed by atoms with Gasteiger partial charge in [0.05, 0.1) is 12.8 Å². The summed E-state index contributed by atoms with van der Waals surface area (Å²) in [6.45, 7) is 1.25. The number of nitrogens with one attached hydrogen (secondary N) is 2. The lowest BCUT2D eigenvalue weighted by molar-refractivity contribution is 0.100. The van der Waals surface area contributed by atoms with E-state index >= 15 is 0 Å². The van der Waals surface area contributed by atoms with Gasteiger partial charge in [-0.05, 0) is 24.3 Å². The molecule has 0 radical (unpaired) electrons. The smallest absolute Gasteiger partial charge is 0.248 e. The fourth-order valence-electron chi connectivity index (χ4n) is 2.40. The molecular formula is C19H20N6O2. The predicted molar refractivity (Wildman–Crippen MR) is 104 cm³/mol. The number of pyridine rings is 1. The van der Waals surface area contributed by atoms with Crippen molar-refractivity contribution in [3.63, 3.8) is 0 Å². The van der Waals surface area contributed by atoms with Gasteiger partial charge in [-0.25, -0.2) is 9.97 Å². The van der Waals surface area contributed by atoms with Gasteiger partial charge in [0.25, 0.3) is 0 Å². The van der Waals surface area contributed by atoms with Gasteiger partial charge >= 0.3 is 0 Å². The zero-order valence-electron chi connectivity index (χ0n) is 14.8. The minimum Gasteiger partial charge on any atom is -0.481 e. The van der Waals surface area contributed by atoms with Crippen LogP contribution in [0.1, 0.15) is 10.4 Å². The van der Waals surface area contributed by atoms with Gasteiger partial charge in [-0.15, -0.1) is 0 Å². The summed E-state index contributed by atoms with van der Waals surface area (Å²) in [7, 11) is 1.58. The van der Waals surface area contributed by atoms with E-state index in [1.807, 2.05) is 30.3 Å². The first kappa shape index (κ1) is 18.1. The molecule has 1 aromatic carbocycles. The first-order valence-electron chi connectivity index (χ1n) is 8.38. The summed E-state index contributed by atoms with van der Waals surface area (Å²) in [4.78, 5) is 24.2. The molecule has 0 fully saturated rings. The number of nitrogens with zero attached hydrogens (tertiary/aromatic N) is 3. The molecule has 3 aromatic rings. The summed E-state index contributed by atoms with van der Waals surface area (Å²) in [5.74, 6) is 1.36. The van der Waals surface area contributed by atoms with Crippen LogP contribution in [-0.4, -0.2) is 41.1 Å². The third-order valence-corrected chi connectivity index (χ3v) is 3.77. The van der Waals surface area contributed by atoms with Crippen LogP contribution in [0.25, 0.3) is 11.3 Å². The van der Waals surface area contributed by atoms with Gasteiger partial charge in [0, 0.05) is 36.5 Å². The molecule has 4 N–H and O–H groups in total. The second-order valence-corrected chi connectivity index (χ2v) is 5.63. The Kier molecular flexibility index (Phi) is 5.78. The van der Waals surface area contributed by atoms with Crippen LogP contribution in [-0.2, 0) is 0 Å². The number of hydrogen-bond donors (Lipinski definition) is 3. The molecule has 27 heavy (non-hydrogen) atoms. The van der Waals surface area contributed by atoms with E-state index in [1.54, 1.807) is 31.5 Å². The number of methoxy groups -OCH3 is 1. The van der Waals surface area contributed by atoms with Crippen LogP contribution in [0.3, 0.4) is 0 Å². The van der Waals surface area contributed by atoms with E-state index in [1.165, 1.54) is 0 Å². The van der Waals surface area contributed by atoms with Gasteiger partial charge in [-0.2, -0.15) is 4.98 Å². The second-order valence-electron chi connectivity index (χ2n) is 5.63. The van der Waals surface area contributed by atoms with Crippen molar-refractivity contribution < 1.29 is 9.53 Å². The highest BCUT2D eigenvalue weighted by atomic mass is 16.5. The van der Waals surface area contributed by atoms with E-state index in [-0.39, 0.29) is 0 Å². The van der Waals surface area contributed by atoms with Crippen molar-refractivity contribution >= 4 is 17.7 Å². The van der Waals surface area contributed by atoms with Crippen LogP contribution in [0.4, 0.5) is 11.8 Å². The van der Waals surface area contributed by atoms with Gasteiger partial charge in [0.1, 0.15) is 5.82 Å². The minimum absolute atomic E-state index is 0.454. The lowest BCUT2D eigenvalue weighted by atomic mass is 10.1. The molecule has 138 valence electrons. The molecule has 8 nitrogen and oxygen atoms in total. The quantitative estimate of drug-likeness (QED) is 0.525. The van der Waals surface area contributed by atoms with Gasteiger partial charge in [0.2, 0.25) is 17.7 Å². The normalized spacial score (nSPS) is 10.3. The van der Waals surface area contributed by atoms with Crippen LogP contribution in [0, 0.1) is 0 Å². The number of carbonyl (C=O) groups excluding carboxylic acids is 1. The van der Waals surface area contributed by atoms with Crippen molar-refractivity contribution in [2.75, 3.05) is 30.8 Å². The molecule has 0 aliphatic carbocycles. The third kappa shape index (κ3) is 4.91. The monoisotopic (exact) mass is 364 g/mol. The van der Waals surface area contributed by atoms with Gasteiger partial charge < -0.3 is 21.1 Å². The Morgan fingerprint density at radius 1 is 1.04 bits per heavy atom. The summed E-state index contributed by atoms with van der Waals surface area (Å²) < 4.78 is 5.09. The molecule has 2 aromatic heterocycles. The fraction of sp³-hybridized carbons (Fsp3) is 0.158. The molecular weight excluding hydrogens is 344 g/mol. The number of primary amides is 1. The van der Waals surface area contributed by atoms with E-state index in [2.05, 4.69) is 25.6 Å². The van der Waals surface area contributed by atoms with Crippen molar-refractivity contribution in [2.24, 2.45) is 5.73 Å². The summed E-state index contributed by atoms with van der Waals surface area (Å²) in [5, 5.41) is 6.37. The number of rotatable bonds is 8. The van der Waals surface area contributed by atoms with Gasteiger partial charge in [-0.1, -0.05) is 18.2 Å². The molecule has 0 aliphatic rings. The number of carbonyl (C=O) groups is 1. The van der Waals surface area contributed by atoms with E-state index in [0.717, 1.165) is 17.1 Å². The van der Waals surface area contributed by atoms with Crippen LogP contribution >= 0.6 is 0 Å². The minimum atomic E-state index is -0.454. The zero-order chi connectivity index (χ0) is 19.1. The number of hydrogen-bond acceptors (Lipinski definition) is 7. The van der Waals surface area contributed by atoms with Crippen molar-refractivity contribution in [1.29, 1.82) is 0 Å². The Labute approximate surface area is 156 Å². The summed E-state index contributed by atoms with van der Waals surface area (Å²) in [6, 6.07) is 14.3. The lowest BCUT2D eigenvalue weighted by Crippen LogP contribution is -2.15. The Morgan fingerprint density at radius 3 is 2.56 bits per heavy atom. The number of benzene rings is 1. The Bertz CT molecular complexity index is 914. The van der Waals surface area contributed by atoms with Crippen molar-refractivity contribution in [1.82, 2.24) is 15.0 Å². The Hall–Kier alpha value is -3.68. The standard InChI is InChI=1S/C19H20N6O2/c1-27-17-4-2-3-16(25-17)21-11-12-23-19-22-10-9-15(24-19)13-5-7-14(8-6-13)18(20)26/h2-10H,11-12H2,1H3,(H2,20,26)(H,21,25)(H,22,23,24). The second kappa shape index (κ2) is 8.61. The molecule has 0 unspecified atom stereocenters. The highest BCUT2D eigenvalue weighted by molar-refractivity contribution is 5.93. The highest BCUT2D eigenvalue weighted by Crippen LogP contribution is 2.18. The largest absolute Gasteiger partial charge is 0.481 e. The molecule has 2 heterocycles. The number of amides is 1. The number of nitrogens with two attached hydrogens (primary N) is 1. The maximum absolute atomic E-state index is 11.2. The van der Waals surface area contributed by atoms with Crippen molar-refractivity contribution in [3.05, 3.63) is 60.3 Å². The lowest BCUT2D eigenvalue weighted by Gasteiger charge is -2.09. The zero-order valence-corrected chi connectivity index (χ0v) is 14.8. The molecule has 0 aliphatic heterocycles. The summed E-state index contributed by atoms with van der Waals surface area (Å²) in [6.07, 6.45) is 1.68. The fourth-order valence-corrected chi connectivity index (χ4v) is 2.40. The number of aromatic nitrogens is 3. The molecule has 0 atom stereocenters. The van der Waals surface area contributed by atoms with Crippen molar-refractivity contribution in [3.8, 4) is 17.1 Å². The average molecular weight is 364 g/mol.